The summed E-state index contributed by atoms with van der Waals surface area (Å²) >= 11 is -2.03. The van der Waals surface area contributed by atoms with Gasteiger partial charge in [-0.2, -0.15) is 0 Å². The van der Waals surface area contributed by atoms with Crippen LogP contribution in [0.2, 0.25) is 0 Å². The van der Waals surface area contributed by atoms with E-state index in [0.717, 1.165) is 50.3 Å². The van der Waals surface area contributed by atoms with E-state index in [1.807, 2.05) is 24.1 Å². The fourth-order valence-electron chi connectivity index (χ4n) is 5.16. The molecule has 0 bridgehead atoms. The Bertz CT molecular complexity index is 1020. The van der Waals surface area contributed by atoms with Crippen molar-refractivity contribution >= 4 is 22.8 Å². The van der Waals surface area contributed by atoms with Gasteiger partial charge in [-0.25, -0.2) is 14.2 Å². The van der Waals surface area contributed by atoms with Gasteiger partial charge < -0.3 is 19.3 Å². The van der Waals surface area contributed by atoms with E-state index in [4.69, 9.17) is 0 Å². The second kappa shape index (κ2) is 10.9. The molecule has 0 spiro atoms. The monoisotopic (exact) mass is 485 g/mol. The highest BCUT2D eigenvalue weighted by Crippen LogP contribution is 2.37. The lowest BCUT2D eigenvalue weighted by atomic mass is 9.96. The number of likely N-dealkylation sites (N-methyl/N-ethyl adjacent to an activating group) is 1. The lowest BCUT2D eigenvalue weighted by Crippen LogP contribution is -2.51. The van der Waals surface area contributed by atoms with Crippen LogP contribution in [0.1, 0.15) is 55.3 Å². The molecule has 184 valence electrons. The summed E-state index contributed by atoms with van der Waals surface area (Å²) in [5.41, 5.74) is 3.33. The molecular formula is C25H35N5O3S. The SMILES string of the molecule is CCCN(C)CC(C(=O)N1CCN(c2ncnc3c2C(C)CC3)CC1)c1ccc(S(=O)O)cc1. The average Bonchev–Trinajstić information content (AvgIpc) is 3.23. The molecule has 1 fully saturated rings. The second-order valence-corrected chi connectivity index (χ2v) is 10.4. The van der Waals surface area contributed by atoms with Crippen LogP contribution in [-0.2, 0) is 22.3 Å². The first-order valence-corrected chi connectivity index (χ1v) is 13.3. The molecule has 0 radical (unpaired) electrons. The van der Waals surface area contributed by atoms with Crippen molar-refractivity contribution in [3.63, 3.8) is 0 Å². The number of hydrogen-bond acceptors (Lipinski definition) is 6. The van der Waals surface area contributed by atoms with E-state index in [1.165, 1.54) is 11.3 Å². The molecule has 8 nitrogen and oxygen atoms in total. The van der Waals surface area contributed by atoms with Gasteiger partial charge in [0.2, 0.25) is 5.91 Å². The van der Waals surface area contributed by atoms with Gasteiger partial charge >= 0.3 is 0 Å². The summed E-state index contributed by atoms with van der Waals surface area (Å²) in [6.45, 7) is 8.70. The Hall–Kier alpha value is -2.36. The predicted molar refractivity (Wildman–Crippen MR) is 134 cm³/mol. The fraction of sp³-hybridized carbons (Fsp3) is 0.560. The molecule has 2 aliphatic rings. The lowest BCUT2D eigenvalue weighted by Gasteiger charge is -2.38. The number of carbonyl (C=O) groups is 1. The summed E-state index contributed by atoms with van der Waals surface area (Å²) in [5, 5.41) is 0. The maximum absolute atomic E-state index is 13.7. The van der Waals surface area contributed by atoms with E-state index in [9.17, 15) is 13.6 Å². The van der Waals surface area contributed by atoms with Crippen LogP contribution in [0, 0.1) is 0 Å². The van der Waals surface area contributed by atoms with Gasteiger partial charge in [0, 0.05) is 44.0 Å². The van der Waals surface area contributed by atoms with Crippen LogP contribution in [0.4, 0.5) is 5.82 Å². The highest BCUT2D eigenvalue weighted by molar-refractivity contribution is 7.79. The first-order valence-electron chi connectivity index (χ1n) is 12.2. The normalized spacial score (nSPS) is 19.9. The van der Waals surface area contributed by atoms with Crippen molar-refractivity contribution in [2.24, 2.45) is 0 Å². The first-order chi connectivity index (χ1) is 16.4. The van der Waals surface area contributed by atoms with Gasteiger partial charge in [0.25, 0.3) is 0 Å². The topological polar surface area (TPSA) is 89.9 Å². The molecule has 3 atom stereocenters. The van der Waals surface area contributed by atoms with Gasteiger partial charge in [-0.3, -0.25) is 4.79 Å². The van der Waals surface area contributed by atoms with Crippen molar-refractivity contribution in [2.75, 3.05) is 51.2 Å². The van der Waals surface area contributed by atoms with Crippen molar-refractivity contribution in [3.8, 4) is 0 Å². The molecule has 4 rings (SSSR count). The highest BCUT2D eigenvalue weighted by atomic mass is 32.2. The zero-order valence-corrected chi connectivity index (χ0v) is 21.1. The number of anilines is 1. The highest BCUT2D eigenvalue weighted by Gasteiger charge is 2.32. The minimum absolute atomic E-state index is 0.113. The number of amides is 1. The van der Waals surface area contributed by atoms with E-state index in [0.29, 0.717) is 30.4 Å². The Morgan fingerprint density at radius 1 is 1.21 bits per heavy atom. The van der Waals surface area contributed by atoms with Gasteiger partial charge in [0.15, 0.2) is 11.1 Å². The number of fused-ring (bicyclic) bond motifs is 1. The number of aryl methyl sites for hydroxylation is 1. The molecule has 9 heteroatoms. The number of aromatic nitrogens is 2. The molecule has 1 aliphatic carbocycles. The van der Waals surface area contributed by atoms with E-state index >= 15 is 0 Å². The van der Waals surface area contributed by atoms with Crippen molar-refractivity contribution in [1.82, 2.24) is 19.8 Å². The van der Waals surface area contributed by atoms with Gasteiger partial charge in [-0.05, 0) is 56.5 Å². The second-order valence-electron chi connectivity index (χ2n) is 9.44. The van der Waals surface area contributed by atoms with Crippen LogP contribution in [-0.4, -0.2) is 80.8 Å². The zero-order valence-electron chi connectivity index (χ0n) is 20.3. The number of carbonyl (C=O) groups excluding carboxylic acids is 1. The van der Waals surface area contributed by atoms with E-state index in [2.05, 4.69) is 33.6 Å². The number of nitrogens with zero attached hydrogens (tertiary/aromatic N) is 5. The van der Waals surface area contributed by atoms with E-state index in [-0.39, 0.29) is 11.8 Å². The molecule has 1 saturated heterocycles. The maximum Gasteiger partial charge on any atom is 0.231 e. The number of benzene rings is 1. The van der Waals surface area contributed by atoms with Crippen LogP contribution < -0.4 is 4.90 Å². The van der Waals surface area contributed by atoms with Crippen molar-refractivity contribution in [3.05, 3.63) is 47.4 Å². The first kappa shape index (κ1) is 24.8. The van der Waals surface area contributed by atoms with E-state index < -0.39 is 11.1 Å². The molecule has 1 aromatic carbocycles. The number of piperazine rings is 1. The molecule has 3 unspecified atom stereocenters. The van der Waals surface area contributed by atoms with Crippen LogP contribution in [0.15, 0.2) is 35.5 Å². The summed E-state index contributed by atoms with van der Waals surface area (Å²) in [6.07, 6.45) is 4.82. The standard InChI is InChI=1S/C25H35N5O3S/c1-4-11-28(3)16-21(19-6-8-20(9-7-19)34(32)33)25(31)30-14-12-29(13-15-30)24-23-18(2)5-10-22(23)26-17-27-24/h6-9,17-18,21H,4-5,10-16H2,1-3H3,(H,32,33). The van der Waals surface area contributed by atoms with Crippen molar-refractivity contribution in [1.29, 1.82) is 0 Å². The molecule has 34 heavy (non-hydrogen) atoms. The molecule has 1 aromatic heterocycles. The Morgan fingerprint density at radius 2 is 1.91 bits per heavy atom. The lowest BCUT2D eigenvalue weighted by molar-refractivity contribution is -0.133. The third kappa shape index (κ3) is 5.31. The van der Waals surface area contributed by atoms with Crippen LogP contribution >= 0.6 is 0 Å². The number of rotatable bonds is 8. The third-order valence-electron chi connectivity index (χ3n) is 7.03. The molecule has 1 amide bonds. The summed E-state index contributed by atoms with van der Waals surface area (Å²) in [4.78, 5) is 29.6. The van der Waals surface area contributed by atoms with Crippen LogP contribution in [0.3, 0.4) is 0 Å². The molecule has 1 aliphatic heterocycles. The third-order valence-corrected chi connectivity index (χ3v) is 7.70. The quantitative estimate of drug-likeness (QED) is 0.575. The van der Waals surface area contributed by atoms with Gasteiger partial charge in [-0.15, -0.1) is 0 Å². The predicted octanol–water partition coefficient (Wildman–Crippen LogP) is 2.88. The van der Waals surface area contributed by atoms with Gasteiger partial charge in [-0.1, -0.05) is 26.0 Å². The average molecular weight is 486 g/mol. The summed E-state index contributed by atoms with van der Waals surface area (Å²) in [7, 11) is 2.04. The minimum atomic E-state index is -2.03. The Kier molecular flexibility index (Phi) is 7.95. The fourth-order valence-corrected chi connectivity index (χ4v) is 5.53. The molecule has 0 saturated carbocycles. The van der Waals surface area contributed by atoms with Gasteiger partial charge in [0.1, 0.15) is 12.1 Å². The molecular weight excluding hydrogens is 450 g/mol. The van der Waals surface area contributed by atoms with Crippen molar-refractivity contribution in [2.45, 2.75) is 49.8 Å². The largest absolute Gasteiger partial charge is 0.353 e. The number of hydrogen-bond donors (Lipinski definition) is 1. The molecule has 2 aromatic rings. The Labute approximate surface area is 204 Å². The zero-order chi connectivity index (χ0) is 24.2. The molecule has 1 N–H and O–H groups in total. The van der Waals surface area contributed by atoms with Crippen molar-refractivity contribution < 1.29 is 13.6 Å². The van der Waals surface area contributed by atoms with Crippen LogP contribution in [0.5, 0.6) is 0 Å². The van der Waals surface area contributed by atoms with E-state index in [1.54, 1.807) is 18.5 Å². The van der Waals surface area contributed by atoms with Crippen LogP contribution in [0.25, 0.3) is 0 Å². The summed E-state index contributed by atoms with van der Waals surface area (Å²) < 4.78 is 20.7. The minimum Gasteiger partial charge on any atom is -0.353 e. The summed E-state index contributed by atoms with van der Waals surface area (Å²) in [6, 6.07) is 6.90. The smallest absolute Gasteiger partial charge is 0.231 e. The molecule has 2 heterocycles. The summed E-state index contributed by atoms with van der Waals surface area (Å²) in [5.74, 6) is 1.31. The van der Waals surface area contributed by atoms with Gasteiger partial charge in [0.05, 0.1) is 10.8 Å². The Morgan fingerprint density at radius 3 is 2.56 bits per heavy atom. The Balaban J connectivity index is 1.48. The maximum atomic E-state index is 13.7.